The molecule has 2 N–H and O–H groups in total. The Bertz CT molecular complexity index is 1230. The Morgan fingerprint density at radius 3 is 2.83 bits per heavy atom. The van der Waals surface area contributed by atoms with Crippen LogP contribution in [0, 0.1) is 5.82 Å². The number of aromatic nitrogens is 5. The predicted molar refractivity (Wildman–Crippen MR) is 130 cm³/mol. The number of carbonyl (C=O) groups excluding carboxylic acids is 1. The third-order valence-corrected chi connectivity index (χ3v) is 6.77. The summed E-state index contributed by atoms with van der Waals surface area (Å²) in [5.74, 6) is 0.138. The number of H-pyrrole nitrogens is 1. The van der Waals surface area contributed by atoms with Gasteiger partial charge < -0.3 is 10.1 Å². The van der Waals surface area contributed by atoms with Gasteiger partial charge in [-0.3, -0.25) is 14.6 Å². The lowest BCUT2D eigenvalue weighted by Crippen LogP contribution is -2.48. The van der Waals surface area contributed by atoms with Crippen molar-refractivity contribution in [1.29, 1.82) is 0 Å². The quantitative estimate of drug-likeness (QED) is 0.409. The van der Waals surface area contributed by atoms with E-state index in [9.17, 15) is 4.79 Å². The zero-order valence-corrected chi connectivity index (χ0v) is 20.2. The van der Waals surface area contributed by atoms with Crippen LogP contribution in [-0.2, 0) is 10.3 Å². The fourth-order valence-corrected chi connectivity index (χ4v) is 4.71. The van der Waals surface area contributed by atoms with Crippen LogP contribution < -0.4 is 10.1 Å². The first kappa shape index (κ1) is 23.3. The summed E-state index contributed by atoms with van der Waals surface area (Å²) in [6.07, 6.45) is 12.1. The second-order valence-corrected chi connectivity index (χ2v) is 9.64. The molecule has 1 aromatic carbocycles. The van der Waals surface area contributed by atoms with E-state index >= 15 is 4.39 Å². The van der Waals surface area contributed by atoms with Crippen molar-refractivity contribution in [2.75, 3.05) is 6.61 Å². The number of hydrogen-bond acceptors (Lipinski definition) is 5. The Kier molecular flexibility index (Phi) is 6.40. The van der Waals surface area contributed by atoms with Crippen LogP contribution in [0.1, 0.15) is 81.8 Å². The molecular weight excluding hydrogens is 447 g/mol. The van der Waals surface area contributed by atoms with E-state index in [0.29, 0.717) is 41.8 Å². The maximum atomic E-state index is 15.4. The molecule has 8 nitrogen and oxygen atoms in total. The highest BCUT2D eigenvalue weighted by atomic mass is 19.1. The van der Waals surface area contributed by atoms with Gasteiger partial charge in [-0.15, -0.1) is 0 Å². The first-order chi connectivity index (χ1) is 17.0. The van der Waals surface area contributed by atoms with Gasteiger partial charge in [0.2, 0.25) is 0 Å². The molecule has 1 aliphatic carbocycles. The van der Waals surface area contributed by atoms with Crippen LogP contribution >= 0.6 is 0 Å². The van der Waals surface area contributed by atoms with Crippen LogP contribution in [0.15, 0.2) is 36.9 Å². The summed E-state index contributed by atoms with van der Waals surface area (Å²) < 4.78 is 23.1. The fraction of sp³-hybridized carbons (Fsp3) is 0.462. The Labute approximate surface area is 204 Å². The molecule has 0 saturated heterocycles. The van der Waals surface area contributed by atoms with Crippen molar-refractivity contribution in [2.24, 2.45) is 0 Å². The van der Waals surface area contributed by atoms with E-state index in [1.807, 2.05) is 17.8 Å². The van der Waals surface area contributed by atoms with Crippen LogP contribution in [-0.4, -0.2) is 37.5 Å². The molecular formula is C26H31FN6O2. The molecule has 2 aliphatic rings. The second-order valence-electron chi connectivity index (χ2n) is 9.64. The van der Waals surface area contributed by atoms with Gasteiger partial charge in [0.1, 0.15) is 17.9 Å². The average molecular weight is 479 g/mol. The Morgan fingerprint density at radius 2 is 2.11 bits per heavy atom. The molecule has 0 unspecified atom stereocenters. The maximum absolute atomic E-state index is 15.4. The highest BCUT2D eigenvalue weighted by molar-refractivity contribution is 6.27. The number of aromatic amines is 1. The van der Waals surface area contributed by atoms with E-state index in [0.717, 1.165) is 43.2 Å². The Balaban J connectivity index is 1.44. The molecule has 184 valence electrons. The number of rotatable bonds is 10. The maximum Gasteiger partial charge on any atom is 0.256 e. The summed E-state index contributed by atoms with van der Waals surface area (Å²) in [5, 5.41) is 14.2. The molecule has 0 bridgehead atoms. The highest BCUT2D eigenvalue weighted by Gasteiger charge is 2.41. The first-order valence-corrected chi connectivity index (χ1v) is 12.4. The molecule has 3 heterocycles. The minimum absolute atomic E-state index is 0.333. The van der Waals surface area contributed by atoms with Gasteiger partial charge in [0.05, 0.1) is 30.0 Å². The van der Waals surface area contributed by atoms with Crippen LogP contribution in [0.4, 0.5) is 4.39 Å². The van der Waals surface area contributed by atoms with E-state index in [-0.39, 0.29) is 5.91 Å². The normalized spacial score (nSPS) is 20.3. The summed E-state index contributed by atoms with van der Waals surface area (Å²) in [7, 11) is 0. The highest BCUT2D eigenvalue weighted by Crippen LogP contribution is 2.43. The molecule has 2 aromatic heterocycles. The van der Waals surface area contributed by atoms with Crippen molar-refractivity contribution in [3.8, 4) is 5.75 Å². The zero-order valence-electron chi connectivity index (χ0n) is 20.2. The first-order valence-electron chi connectivity index (χ1n) is 12.4. The Hall–Kier alpha value is -3.49. The summed E-state index contributed by atoms with van der Waals surface area (Å²) >= 11 is 0. The van der Waals surface area contributed by atoms with E-state index < -0.39 is 11.4 Å². The standard InChI is InChI=1S/C26H31FN6O2/c1-3-4-5-6-11-35-19-9-10-21(22(27)12-19)26(2)13-20(17-14-30-33(15-17)18-7-8-18)23(25(34)31-26)24-28-16-29-32-24/h9-10,12,14-16,18H,3-8,11,13H2,1-2H3,(H,31,34)(H,28,29,32)/t26-/m0/s1. The number of ether oxygens (including phenoxy) is 1. The van der Waals surface area contributed by atoms with E-state index in [4.69, 9.17) is 4.74 Å². The lowest BCUT2D eigenvalue weighted by molar-refractivity contribution is -0.117. The van der Waals surface area contributed by atoms with Crippen LogP contribution in [0.3, 0.4) is 0 Å². The molecule has 1 atom stereocenters. The number of halogens is 1. The molecule has 3 aromatic rings. The minimum Gasteiger partial charge on any atom is -0.493 e. The lowest BCUT2D eigenvalue weighted by Gasteiger charge is -2.37. The number of benzene rings is 1. The Morgan fingerprint density at radius 1 is 1.26 bits per heavy atom. The number of unbranched alkanes of at least 4 members (excludes halogenated alkanes) is 3. The molecule has 1 saturated carbocycles. The third kappa shape index (κ3) is 4.85. The number of nitrogens with one attached hydrogen (secondary N) is 2. The van der Waals surface area contributed by atoms with Gasteiger partial charge in [-0.25, -0.2) is 9.37 Å². The largest absolute Gasteiger partial charge is 0.493 e. The second kappa shape index (κ2) is 9.64. The third-order valence-electron chi connectivity index (χ3n) is 6.77. The molecule has 9 heteroatoms. The van der Waals surface area contributed by atoms with Crippen molar-refractivity contribution in [1.82, 2.24) is 30.3 Å². The molecule has 35 heavy (non-hydrogen) atoms. The van der Waals surface area contributed by atoms with Crippen molar-refractivity contribution in [2.45, 2.75) is 70.4 Å². The molecule has 1 fully saturated rings. The summed E-state index contributed by atoms with van der Waals surface area (Å²) in [5.41, 5.74) is 1.45. The van der Waals surface area contributed by atoms with E-state index in [1.165, 1.54) is 18.8 Å². The van der Waals surface area contributed by atoms with Crippen molar-refractivity contribution in [3.63, 3.8) is 0 Å². The van der Waals surface area contributed by atoms with Gasteiger partial charge in [0.25, 0.3) is 5.91 Å². The molecule has 1 amide bonds. The summed E-state index contributed by atoms with van der Waals surface area (Å²) in [6, 6.07) is 5.30. The predicted octanol–water partition coefficient (Wildman–Crippen LogP) is 4.78. The molecule has 0 spiro atoms. The van der Waals surface area contributed by atoms with Gasteiger partial charge >= 0.3 is 0 Å². The van der Waals surface area contributed by atoms with E-state index in [2.05, 4.69) is 32.5 Å². The monoisotopic (exact) mass is 478 g/mol. The number of amides is 1. The molecule has 1 aliphatic heterocycles. The zero-order chi connectivity index (χ0) is 24.4. The summed E-state index contributed by atoms with van der Waals surface area (Å²) in [4.78, 5) is 17.6. The van der Waals surface area contributed by atoms with Crippen LogP contribution in [0.2, 0.25) is 0 Å². The average Bonchev–Trinajstić information content (AvgIpc) is 3.32. The van der Waals surface area contributed by atoms with Crippen LogP contribution in [0.25, 0.3) is 11.1 Å². The number of carbonyl (C=O) groups is 1. The van der Waals surface area contributed by atoms with Crippen molar-refractivity contribution in [3.05, 3.63) is 59.7 Å². The molecule has 0 radical (unpaired) electrons. The van der Waals surface area contributed by atoms with Crippen LogP contribution in [0.5, 0.6) is 5.75 Å². The van der Waals surface area contributed by atoms with Gasteiger partial charge in [0.15, 0.2) is 5.82 Å². The number of hydrogen-bond donors (Lipinski definition) is 2. The van der Waals surface area contributed by atoms with Gasteiger partial charge in [0, 0.05) is 29.8 Å². The number of nitrogens with zero attached hydrogens (tertiary/aromatic N) is 4. The topological polar surface area (TPSA) is 97.7 Å². The molecule has 5 rings (SSSR count). The van der Waals surface area contributed by atoms with Gasteiger partial charge in [-0.2, -0.15) is 10.2 Å². The minimum atomic E-state index is -0.957. The fourth-order valence-electron chi connectivity index (χ4n) is 4.71. The van der Waals surface area contributed by atoms with Gasteiger partial charge in [-0.1, -0.05) is 32.3 Å². The smallest absolute Gasteiger partial charge is 0.256 e. The summed E-state index contributed by atoms with van der Waals surface area (Å²) in [6.45, 7) is 4.57. The SMILES string of the molecule is CCCCCCOc1ccc([C@]2(C)CC(c3cnn(C4CC4)c3)=C(c3ncn[nH]3)C(=O)N2)c(F)c1. The van der Waals surface area contributed by atoms with Crippen molar-refractivity contribution < 1.29 is 13.9 Å². The van der Waals surface area contributed by atoms with Crippen molar-refractivity contribution >= 4 is 17.1 Å². The van der Waals surface area contributed by atoms with Gasteiger partial charge in [-0.05, 0) is 37.8 Å². The van der Waals surface area contributed by atoms with E-state index in [1.54, 1.807) is 18.3 Å². The lowest BCUT2D eigenvalue weighted by atomic mass is 9.78.